The Kier molecular flexibility index (Phi) is 3.81. The van der Waals surface area contributed by atoms with E-state index in [-0.39, 0.29) is 0 Å². The average Bonchev–Trinajstić information content (AvgIpc) is 2.31. The molecule has 0 spiro atoms. The minimum atomic E-state index is 0.670. The van der Waals surface area contributed by atoms with E-state index in [0.717, 1.165) is 5.88 Å². The molecular weight excluding hydrogens is 198 g/mol. The molecule has 1 heterocycles. The molecule has 2 nitrogen and oxygen atoms in total. The Labute approximate surface area is 98.0 Å². The predicted molar refractivity (Wildman–Crippen MR) is 66.0 cm³/mol. The molecule has 0 aromatic carbocycles. The highest BCUT2D eigenvalue weighted by Gasteiger charge is 2.21. The molecule has 1 saturated carbocycles. The van der Waals surface area contributed by atoms with Crippen LogP contribution in [0.15, 0.2) is 12.3 Å². The van der Waals surface area contributed by atoms with Crippen LogP contribution >= 0.6 is 0 Å². The second-order valence-electron chi connectivity index (χ2n) is 4.61. The van der Waals surface area contributed by atoms with Crippen molar-refractivity contribution < 1.29 is 4.74 Å². The zero-order valence-corrected chi connectivity index (χ0v) is 10.3. The van der Waals surface area contributed by atoms with Crippen LogP contribution in [0.3, 0.4) is 0 Å². The van der Waals surface area contributed by atoms with Crippen molar-refractivity contribution in [3.8, 4) is 5.88 Å². The molecule has 0 radical (unpaired) electrons. The molecule has 1 fully saturated rings. The van der Waals surface area contributed by atoms with Gasteiger partial charge in [-0.15, -0.1) is 0 Å². The van der Waals surface area contributed by atoms with Crippen LogP contribution in [-0.4, -0.2) is 11.6 Å². The van der Waals surface area contributed by atoms with E-state index < -0.39 is 0 Å². The molecule has 1 aliphatic carbocycles. The van der Waals surface area contributed by atoms with Crippen LogP contribution in [0.4, 0.5) is 0 Å². The fourth-order valence-electron chi connectivity index (χ4n) is 2.68. The number of aromatic nitrogens is 1. The maximum absolute atomic E-state index is 5.66. The first-order valence-electron chi connectivity index (χ1n) is 6.41. The standard InChI is InChI=1S/C14H21NO/c1-3-16-14-13(11(2)9-10-15-14)12-7-5-4-6-8-12/h9-10,12H,3-8H2,1-2H3. The second kappa shape index (κ2) is 5.33. The van der Waals surface area contributed by atoms with E-state index in [1.807, 2.05) is 13.1 Å². The van der Waals surface area contributed by atoms with Gasteiger partial charge in [0, 0.05) is 11.8 Å². The van der Waals surface area contributed by atoms with Crippen molar-refractivity contribution in [1.82, 2.24) is 4.98 Å². The van der Waals surface area contributed by atoms with Crippen molar-refractivity contribution in [3.63, 3.8) is 0 Å². The van der Waals surface area contributed by atoms with Crippen LogP contribution in [0.5, 0.6) is 5.88 Å². The van der Waals surface area contributed by atoms with Gasteiger partial charge in [-0.2, -0.15) is 0 Å². The van der Waals surface area contributed by atoms with Gasteiger partial charge in [-0.1, -0.05) is 19.3 Å². The number of aryl methyl sites for hydroxylation is 1. The van der Waals surface area contributed by atoms with Gasteiger partial charge in [0.2, 0.25) is 5.88 Å². The highest BCUT2D eigenvalue weighted by atomic mass is 16.5. The molecule has 1 aromatic rings. The molecule has 88 valence electrons. The smallest absolute Gasteiger partial charge is 0.217 e. The van der Waals surface area contributed by atoms with E-state index in [9.17, 15) is 0 Å². The molecule has 0 saturated heterocycles. The first-order chi connectivity index (χ1) is 7.83. The number of nitrogens with zero attached hydrogens (tertiary/aromatic N) is 1. The van der Waals surface area contributed by atoms with E-state index in [2.05, 4.69) is 18.0 Å². The summed E-state index contributed by atoms with van der Waals surface area (Å²) in [6.45, 7) is 4.90. The topological polar surface area (TPSA) is 22.1 Å². The molecule has 2 heteroatoms. The van der Waals surface area contributed by atoms with E-state index in [1.165, 1.54) is 43.2 Å². The highest BCUT2D eigenvalue weighted by Crippen LogP contribution is 2.38. The minimum Gasteiger partial charge on any atom is -0.478 e. The van der Waals surface area contributed by atoms with Crippen molar-refractivity contribution in [1.29, 1.82) is 0 Å². The number of hydrogen-bond donors (Lipinski definition) is 0. The Hall–Kier alpha value is -1.05. The van der Waals surface area contributed by atoms with E-state index in [4.69, 9.17) is 4.74 Å². The Morgan fingerprint density at radius 3 is 2.75 bits per heavy atom. The summed E-state index contributed by atoms with van der Waals surface area (Å²) in [6, 6.07) is 2.10. The minimum absolute atomic E-state index is 0.670. The summed E-state index contributed by atoms with van der Waals surface area (Å²) in [5.74, 6) is 1.54. The fraction of sp³-hybridized carbons (Fsp3) is 0.643. The third-order valence-corrected chi connectivity index (χ3v) is 3.47. The van der Waals surface area contributed by atoms with Gasteiger partial charge in [0.05, 0.1) is 6.61 Å². The normalized spacial score (nSPS) is 17.4. The zero-order chi connectivity index (χ0) is 11.4. The van der Waals surface area contributed by atoms with Crippen molar-refractivity contribution >= 4 is 0 Å². The molecule has 1 aliphatic rings. The van der Waals surface area contributed by atoms with Crippen LogP contribution in [0.2, 0.25) is 0 Å². The van der Waals surface area contributed by atoms with Gasteiger partial charge in [-0.3, -0.25) is 0 Å². The lowest BCUT2D eigenvalue weighted by molar-refractivity contribution is 0.314. The molecule has 1 aromatic heterocycles. The van der Waals surface area contributed by atoms with Gasteiger partial charge in [0.25, 0.3) is 0 Å². The lowest BCUT2D eigenvalue weighted by atomic mass is 9.83. The molecule has 0 atom stereocenters. The van der Waals surface area contributed by atoms with Crippen LogP contribution in [-0.2, 0) is 0 Å². The maximum atomic E-state index is 5.66. The molecule has 0 unspecified atom stereocenters. The van der Waals surface area contributed by atoms with Gasteiger partial charge >= 0.3 is 0 Å². The SMILES string of the molecule is CCOc1nccc(C)c1C1CCCCC1. The molecule has 0 aliphatic heterocycles. The lowest BCUT2D eigenvalue weighted by Gasteiger charge is -2.24. The summed E-state index contributed by atoms with van der Waals surface area (Å²) in [5.41, 5.74) is 2.70. The van der Waals surface area contributed by atoms with Gasteiger partial charge in [-0.25, -0.2) is 4.98 Å². The van der Waals surface area contributed by atoms with Crippen molar-refractivity contribution in [2.45, 2.75) is 51.9 Å². The van der Waals surface area contributed by atoms with Crippen molar-refractivity contribution in [3.05, 3.63) is 23.4 Å². The molecular formula is C14H21NO. The zero-order valence-electron chi connectivity index (χ0n) is 10.3. The monoisotopic (exact) mass is 219 g/mol. The molecule has 0 bridgehead atoms. The largest absolute Gasteiger partial charge is 0.478 e. The maximum Gasteiger partial charge on any atom is 0.217 e. The Bertz CT molecular complexity index is 343. The summed E-state index contributed by atoms with van der Waals surface area (Å²) < 4.78 is 5.66. The van der Waals surface area contributed by atoms with Crippen molar-refractivity contribution in [2.24, 2.45) is 0 Å². The van der Waals surface area contributed by atoms with E-state index in [0.29, 0.717) is 12.5 Å². The Balaban J connectivity index is 2.28. The van der Waals surface area contributed by atoms with Crippen LogP contribution in [0.1, 0.15) is 56.1 Å². The second-order valence-corrected chi connectivity index (χ2v) is 4.61. The van der Waals surface area contributed by atoms with Gasteiger partial charge in [0.1, 0.15) is 0 Å². The summed E-state index contributed by atoms with van der Waals surface area (Å²) in [5, 5.41) is 0. The first kappa shape index (κ1) is 11.4. The van der Waals surface area contributed by atoms with Crippen LogP contribution in [0.25, 0.3) is 0 Å². The molecule has 0 amide bonds. The summed E-state index contributed by atoms with van der Waals surface area (Å²) in [4.78, 5) is 4.38. The third-order valence-electron chi connectivity index (χ3n) is 3.47. The van der Waals surface area contributed by atoms with E-state index in [1.54, 1.807) is 0 Å². The number of hydrogen-bond acceptors (Lipinski definition) is 2. The quantitative estimate of drug-likeness (QED) is 0.770. The van der Waals surface area contributed by atoms with Crippen LogP contribution in [0, 0.1) is 6.92 Å². The highest BCUT2D eigenvalue weighted by molar-refractivity contribution is 5.37. The lowest BCUT2D eigenvalue weighted by Crippen LogP contribution is -2.10. The summed E-state index contributed by atoms with van der Waals surface area (Å²) in [7, 11) is 0. The number of pyridine rings is 1. The average molecular weight is 219 g/mol. The van der Waals surface area contributed by atoms with Gasteiger partial charge in [-0.05, 0) is 44.2 Å². The van der Waals surface area contributed by atoms with Crippen molar-refractivity contribution in [2.75, 3.05) is 6.61 Å². The predicted octanol–water partition coefficient (Wildman–Crippen LogP) is 3.84. The Morgan fingerprint density at radius 2 is 2.06 bits per heavy atom. The Morgan fingerprint density at radius 1 is 1.31 bits per heavy atom. The van der Waals surface area contributed by atoms with Gasteiger partial charge in [0.15, 0.2) is 0 Å². The fourth-order valence-corrected chi connectivity index (χ4v) is 2.68. The third kappa shape index (κ3) is 2.37. The number of rotatable bonds is 3. The van der Waals surface area contributed by atoms with E-state index >= 15 is 0 Å². The first-order valence-corrected chi connectivity index (χ1v) is 6.41. The number of ether oxygens (including phenoxy) is 1. The summed E-state index contributed by atoms with van der Waals surface area (Å²) in [6.07, 6.45) is 8.54. The molecule has 2 rings (SSSR count). The molecule has 16 heavy (non-hydrogen) atoms. The van der Waals surface area contributed by atoms with Crippen LogP contribution < -0.4 is 4.74 Å². The van der Waals surface area contributed by atoms with Gasteiger partial charge < -0.3 is 4.74 Å². The molecule has 0 N–H and O–H groups in total. The summed E-state index contributed by atoms with van der Waals surface area (Å²) >= 11 is 0.